The van der Waals surface area contributed by atoms with Crippen molar-refractivity contribution in [2.75, 3.05) is 19.6 Å². The van der Waals surface area contributed by atoms with Crippen molar-refractivity contribution in [2.45, 2.75) is 25.2 Å². The topological polar surface area (TPSA) is 34.8 Å². The number of hydrogen-bond acceptors (Lipinski definition) is 1. The molecule has 0 saturated carbocycles. The molecule has 2 N–H and O–H groups in total. The van der Waals surface area contributed by atoms with Crippen LogP contribution in [0.4, 0.5) is 4.39 Å². The van der Waals surface area contributed by atoms with Gasteiger partial charge in [-0.15, -0.1) is 0 Å². The van der Waals surface area contributed by atoms with Gasteiger partial charge in [-0.2, -0.15) is 0 Å². The van der Waals surface area contributed by atoms with E-state index in [1.807, 2.05) is 12.3 Å². The number of aromatic amines is 2. The Hall–Kier alpha value is -2.59. The van der Waals surface area contributed by atoms with E-state index in [0.717, 1.165) is 55.4 Å². The first-order chi connectivity index (χ1) is 13.3. The van der Waals surface area contributed by atoms with Gasteiger partial charge in [0.1, 0.15) is 5.82 Å². The summed E-state index contributed by atoms with van der Waals surface area (Å²) in [6, 6.07) is 13.8. The smallest absolute Gasteiger partial charge is 0.132 e. The molecule has 3 heterocycles. The Morgan fingerprint density at radius 3 is 2.59 bits per heavy atom. The number of rotatable bonds is 4. The summed E-state index contributed by atoms with van der Waals surface area (Å²) >= 11 is 0. The van der Waals surface area contributed by atoms with Gasteiger partial charge >= 0.3 is 0 Å². The van der Waals surface area contributed by atoms with E-state index in [1.54, 1.807) is 12.1 Å². The summed E-state index contributed by atoms with van der Waals surface area (Å²) in [6.07, 6.45) is 7.41. The number of hydrogen-bond donors (Lipinski definition) is 2. The van der Waals surface area contributed by atoms with Crippen LogP contribution in [-0.4, -0.2) is 34.5 Å². The van der Waals surface area contributed by atoms with E-state index in [9.17, 15) is 4.39 Å². The van der Waals surface area contributed by atoms with Crippen LogP contribution in [-0.2, 0) is 6.42 Å². The molecule has 1 saturated heterocycles. The van der Waals surface area contributed by atoms with Gasteiger partial charge < -0.3 is 14.9 Å². The molecule has 0 radical (unpaired) electrons. The molecule has 3 nitrogen and oxygen atoms in total. The highest BCUT2D eigenvalue weighted by molar-refractivity contribution is 5.84. The second kappa shape index (κ2) is 6.86. The number of benzene rings is 2. The standard InChI is InChI=1S/C23H24FN3/c24-20-5-3-7-22-23(20)19(15-26-22)16-8-11-27(12-9-16)13-10-17-14-25-21-6-2-1-4-18(17)21/h1-7,14-16,25-26H,8-13H2. The molecule has 0 unspecified atom stereocenters. The minimum atomic E-state index is -0.106. The second-order valence-electron chi connectivity index (χ2n) is 7.63. The molecule has 1 aliphatic rings. The third-order valence-electron chi connectivity index (χ3n) is 6.09. The zero-order chi connectivity index (χ0) is 18.2. The van der Waals surface area contributed by atoms with E-state index in [4.69, 9.17) is 0 Å². The van der Waals surface area contributed by atoms with Crippen molar-refractivity contribution < 1.29 is 4.39 Å². The molecule has 0 aliphatic carbocycles. The Morgan fingerprint density at radius 2 is 1.70 bits per heavy atom. The number of fused-ring (bicyclic) bond motifs is 2. The minimum absolute atomic E-state index is 0.106. The van der Waals surface area contributed by atoms with E-state index >= 15 is 0 Å². The van der Waals surface area contributed by atoms with E-state index in [-0.39, 0.29) is 5.82 Å². The molecule has 2 aromatic carbocycles. The maximum Gasteiger partial charge on any atom is 0.132 e. The molecule has 4 aromatic rings. The first kappa shape index (κ1) is 16.6. The Morgan fingerprint density at radius 1 is 0.926 bits per heavy atom. The molecule has 138 valence electrons. The zero-order valence-electron chi connectivity index (χ0n) is 15.3. The average Bonchev–Trinajstić information content (AvgIpc) is 3.32. The van der Waals surface area contributed by atoms with Gasteiger partial charge in [0, 0.05) is 40.7 Å². The lowest BCUT2D eigenvalue weighted by atomic mass is 9.89. The molecule has 1 aliphatic heterocycles. The Bertz CT molecular complexity index is 1070. The van der Waals surface area contributed by atoms with Gasteiger partial charge in [-0.3, -0.25) is 0 Å². The molecule has 4 heteroatoms. The predicted octanol–water partition coefficient (Wildman–Crippen LogP) is 5.21. The van der Waals surface area contributed by atoms with Crippen LogP contribution >= 0.6 is 0 Å². The van der Waals surface area contributed by atoms with Crippen LogP contribution < -0.4 is 0 Å². The Balaban J connectivity index is 1.24. The predicted molar refractivity (Wildman–Crippen MR) is 109 cm³/mol. The Kier molecular flexibility index (Phi) is 4.21. The van der Waals surface area contributed by atoms with Crippen molar-refractivity contribution in [1.82, 2.24) is 14.9 Å². The van der Waals surface area contributed by atoms with Gasteiger partial charge in [0.05, 0.1) is 0 Å². The van der Waals surface area contributed by atoms with Crippen LogP contribution in [0.1, 0.15) is 29.9 Å². The fourth-order valence-corrected chi connectivity index (χ4v) is 4.57. The van der Waals surface area contributed by atoms with Crippen molar-refractivity contribution >= 4 is 21.8 Å². The molecular formula is C23H24FN3. The van der Waals surface area contributed by atoms with Crippen LogP contribution in [0, 0.1) is 5.82 Å². The maximum atomic E-state index is 14.3. The van der Waals surface area contributed by atoms with Gasteiger partial charge in [0.2, 0.25) is 0 Å². The first-order valence-corrected chi connectivity index (χ1v) is 9.82. The van der Waals surface area contributed by atoms with Gasteiger partial charge in [0.25, 0.3) is 0 Å². The van der Waals surface area contributed by atoms with Crippen LogP contribution in [0.25, 0.3) is 21.8 Å². The normalized spacial score (nSPS) is 16.5. The molecule has 0 spiro atoms. The molecule has 2 aromatic heterocycles. The average molecular weight is 361 g/mol. The second-order valence-corrected chi connectivity index (χ2v) is 7.63. The third kappa shape index (κ3) is 3.04. The number of nitrogens with zero attached hydrogens (tertiary/aromatic N) is 1. The SMILES string of the molecule is Fc1cccc2[nH]cc(C3CCN(CCc4c[nH]c5ccccc45)CC3)c12. The number of para-hydroxylation sites is 1. The number of nitrogens with one attached hydrogen (secondary N) is 2. The molecular weight excluding hydrogens is 337 g/mol. The van der Waals surface area contributed by atoms with Gasteiger partial charge in [-0.05, 0) is 67.6 Å². The summed E-state index contributed by atoms with van der Waals surface area (Å²) in [6.45, 7) is 3.24. The first-order valence-electron chi connectivity index (χ1n) is 9.82. The van der Waals surface area contributed by atoms with E-state index in [2.05, 4.69) is 45.3 Å². The van der Waals surface area contributed by atoms with Gasteiger partial charge in [-0.1, -0.05) is 24.3 Å². The molecule has 0 amide bonds. The number of aromatic nitrogens is 2. The number of piperidine rings is 1. The van der Waals surface area contributed by atoms with E-state index in [1.165, 1.54) is 16.5 Å². The monoisotopic (exact) mass is 361 g/mol. The van der Waals surface area contributed by atoms with Gasteiger partial charge in [0.15, 0.2) is 0 Å². The molecule has 27 heavy (non-hydrogen) atoms. The van der Waals surface area contributed by atoms with Crippen LogP contribution in [0.15, 0.2) is 54.9 Å². The largest absolute Gasteiger partial charge is 0.361 e. The summed E-state index contributed by atoms with van der Waals surface area (Å²) in [7, 11) is 0. The van der Waals surface area contributed by atoms with Crippen molar-refractivity contribution in [1.29, 1.82) is 0 Å². The van der Waals surface area contributed by atoms with E-state index in [0.29, 0.717) is 5.92 Å². The quantitative estimate of drug-likeness (QED) is 0.514. The number of halogens is 1. The molecule has 0 bridgehead atoms. The molecule has 0 atom stereocenters. The fourth-order valence-electron chi connectivity index (χ4n) is 4.57. The van der Waals surface area contributed by atoms with Crippen LogP contribution in [0.5, 0.6) is 0 Å². The maximum absolute atomic E-state index is 14.3. The highest BCUT2D eigenvalue weighted by Crippen LogP contribution is 2.34. The van der Waals surface area contributed by atoms with Crippen molar-refractivity contribution in [3.63, 3.8) is 0 Å². The lowest BCUT2D eigenvalue weighted by Gasteiger charge is -2.32. The van der Waals surface area contributed by atoms with Gasteiger partial charge in [-0.25, -0.2) is 4.39 Å². The van der Waals surface area contributed by atoms with Crippen molar-refractivity contribution in [3.05, 3.63) is 71.8 Å². The lowest BCUT2D eigenvalue weighted by molar-refractivity contribution is 0.215. The zero-order valence-corrected chi connectivity index (χ0v) is 15.3. The Labute approximate surface area is 158 Å². The van der Waals surface area contributed by atoms with Crippen molar-refractivity contribution in [2.24, 2.45) is 0 Å². The van der Waals surface area contributed by atoms with Crippen LogP contribution in [0.2, 0.25) is 0 Å². The highest BCUT2D eigenvalue weighted by atomic mass is 19.1. The number of H-pyrrole nitrogens is 2. The summed E-state index contributed by atoms with van der Waals surface area (Å²) in [5, 5.41) is 2.12. The lowest BCUT2D eigenvalue weighted by Crippen LogP contribution is -2.34. The summed E-state index contributed by atoms with van der Waals surface area (Å²) < 4.78 is 14.3. The minimum Gasteiger partial charge on any atom is -0.361 e. The molecule has 1 fully saturated rings. The van der Waals surface area contributed by atoms with Crippen molar-refractivity contribution in [3.8, 4) is 0 Å². The molecule has 5 rings (SSSR count). The third-order valence-corrected chi connectivity index (χ3v) is 6.09. The highest BCUT2D eigenvalue weighted by Gasteiger charge is 2.23. The van der Waals surface area contributed by atoms with Crippen LogP contribution in [0.3, 0.4) is 0 Å². The van der Waals surface area contributed by atoms with E-state index < -0.39 is 0 Å². The fraction of sp³-hybridized carbons (Fsp3) is 0.304. The summed E-state index contributed by atoms with van der Waals surface area (Å²) in [5.74, 6) is 0.338. The number of likely N-dealkylation sites (tertiary alicyclic amines) is 1. The summed E-state index contributed by atoms with van der Waals surface area (Å²) in [4.78, 5) is 9.15. The summed E-state index contributed by atoms with van der Waals surface area (Å²) in [5.41, 5.74) is 4.67.